The van der Waals surface area contributed by atoms with Gasteiger partial charge in [-0.2, -0.15) is 11.8 Å². The third-order valence-electron chi connectivity index (χ3n) is 3.33. The van der Waals surface area contributed by atoms with Gasteiger partial charge in [0.2, 0.25) is 0 Å². The Morgan fingerprint density at radius 1 is 1.40 bits per heavy atom. The zero-order valence-electron chi connectivity index (χ0n) is 10.2. The summed E-state index contributed by atoms with van der Waals surface area (Å²) in [6.07, 6.45) is 12.1. The van der Waals surface area contributed by atoms with Gasteiger partial charge >= 0.3 is 0 Å². The first kappa shape index (κ1) is 13.1. The molecule has 0 bridgehead atoms. The fraction of sp³-hybridized carbons (Fsp3) is 0.846. The molecular weight excluding hydrogens is 202 g/mol. The second-order valence-electron chi connectivity index (χ2n) is 4.64. The summed E-state index contributed by atoms with van der Waals surface area (Å²) in [6.45, 7) is 6.07. The summed E-state index contributed by atoms with van der Waals surface area (Å²) >= 11 is 2.04. The van der Waals surface area contributed by atoms with Gasteiger partial charge in [-0.15, -0.1) is 6.58 Å². The van der Waals surface area contributed by atoms with Crippen molar-refractivity contribution in [2.24, 2.45) is 0 Å². The normalized spacial score (nSPS) is 28.7. The van der Waals surface area contributed by atoms with E-state index in [4.69, 9.17) is 0 Å². The van der Waals surface area contributed by atoms with Crippen LogP contribution in [-0.2, 0) is 0 Å². The van der Waals surface area contributed by atoms with Crippen LogP contribution in [0.25, 0.3) is 0 Å². The van der Waals surface area contributed by atoms with Crippen molar-refractivity contribution < 1.29 is 0 Å². The Bertz CT molecular complexity index is 173. The van der Waals surface area contributed by atoms with Crippen LogP contribution in [-0.4, -0.2) is 23.6 Å². The molecule has 0 radical (unpaired) electrons. The van der Waals surface area contributed by atoms with Gasteiger partial charge in [0.1, 0.15) is 0 Å². The predicted octanol–water partition coefficient (Wildman–Crippen LogP) is 3.60. The summed E-state index contributed by atoms with van der Waals surface area (Å²) in [4.78, 5) is 0. The minimum atomic E-state index is 0.652. The molecule has 88 valence electrons. The van der Waals surface area contributed by atoms with E-state index in [-0.39, 0.29) is 0 Å². The summed E-state index contributed by atoms with van der Waals surface area (Å²) in [5.41, 5.74) is 0. The topological polar surface area (TPSA) is 12.0 Å². The lowest BCUT2D eigenvalue weighted by atomic mass is 9.94. The van der Waals surface area contributed by atoms with Crippen molar-refractivity contribution in [3.05, 3.63) is 12.7 Å². The van der Waals surface area contributed by atoms with E-state index in [1.807, 2.05) is 17.8 Å². The molecule has 0 heterocycles. The molecule has 1 fully saturated rings. The molecule has 0 saturated heterocycles. The standard InChI is InChI=1S/C13H25NS/c1-4-5-6-11(2)14-12-7-9-13(15-3)10-8-12/h4,11-14H,1,5-10H2,2-3H3. The van der Waals surface area contributed by atoms with Gasteiger partial charge in [0.15, 0.2) is 0 Å². The van der Waals surface area contributed by atoms with E-state index in [9.17, 15) is 0 Å². The van der Waals surface area contributed by atoms with Gasteiger partial charge in [-0.1, -0.05) is 6.08 Å². The van der Waals surface area contributed by atoms with Crippen molar-refractivity contribution in [2.75, 3.05) is 6.26 Å². The maximum absolute atomic E-state index is 3.77. The highest BCUT2D eigenvalue weighted by Gasteiger charge is 2.20. The van der Waals surface area contributed by atoms with Gasteiger partial charge in [0.25, 0.3) is 0 Å². The van der Waals surface area contributed by atoms with E-state index in [1.54, 1.807) is 0 Å². The molecule has 0 aromatic heterocycles. The average Bonchev–Trinajstić information content (AvgIpc) is 2.27. The quantitative estimate of drug-likeness (QED) is 0.696. The molecule has 0 aromatic carbocycles. The zero-order chi connectivity index (χ0) is 11.1. The summed E-state index contributed by atoms with van der Waals surface area (Å²) in [5.74, 6) is 0. The van der Waals surface area contributed by atoms with E-state index in [0.29, 0.717) is 6.04 Å². The minimum Gasteiger partial charge on any atom is -0.311 e. The molecule has 0 spiro atoms. The van der Waals surface area contributed by atoms with Crippen LogP contribution in [0.5, 0.6) is 0 Å². The number of hydrogen-bond donors (Lipinski definition) is 1. The van der Waals surface area contributed by atoms with Gasteiger partial charge in [0.05, 0.1) is 0 Å². The van der Waals surface area contributed by atoms with E-state index < -0.39 is 0 Å². The molecule has 0 aliphatic heterocycles. The molecule has 1 N–H and O–H groups in total. The molecule has 1 aliphatic rings. The number of thioether (sulfide) groups is 1. The van der Waals surface area contributed by atoms with Gasteiger partial charge < -0.3 is 5.32 Å². The lowest BCUT2D eigenvalue weighted by Gasteiger charge is -2.30. The largest absolute Gasteiger partial charge is 0.311 e. The van der Waals surface area contributed by atoms with Gasteiger partial charge in [-0.3, -0.25) is 0 Å². The smallest absolute Gasteiger partial charge is 0.00703 e. The first-order valence-corrected chi connectivity index (χ1v) is 7.44. The molecule has 1 saturated carbocycles. The molecule has 1 atom stereocenters. The molecule has 1 aliphatic carbocycles. The predicted molar refractivity (Wildman–Crippen MR) is 71.6 cm³/mol. The fourth-order valence-corrected chi connectivity index (χ4v) is 3.06. The Morgan fingerprint density at radius 2 is 2.07 bits per heavy atom. The molecule has 0 amide bonds. The highest BCUT2D eigenvalue weighted by atomic mass is 32.2. The maximum Gasteiger partial charge on any atom is 0.00703 e. The lowest BCUT2D eigenvalue weighted by molar-refractivity contribution is 0.342. The van der Waals surface area contributed by atoms with Crippen LogP contribution in [0, 0.1) is 0 Å². The number of hydrogen-bond acceptors (Lipinski definition) is 2. The molecule has 1 rings (SSSR count). The van der Waals surface area contributed by atoms with E-state index in [1.165, 1.54) is 32.1 Å². The monoisotopic (exact) mass is 227 g/mol. The second kappa shape index (κ2) is 7.34. The third-order valence-corrected chi connectivity index (χ3v) is 4.47. The summed E-state index contributed by atoms with van der Waals surface area (Å²) in [6, 6.07) is 1.42. The molecule has 15 heavy (non-hydrogen) atoms. The van der Waals surface area contributed by atoms with Crippen molar-refractivity contribution in [1.82, 2.24) is 5.32 Å². The fourth-order valence-electron chi connectivity index (χ4n) is 2.32. The van der Waals surface area contributed by atoms with Gasteiger partial charge in [0, 0.05) is 17.3 Å². The van der Waals surface area contributed by atoms with Gasteiger partial charge in [-0.05, 0) is 51.7 Å². The average molecular weight is 227 g/mol. The molecule has 2 heteroatoms. The Labute approximate surface area is 99.1 Å². The molecule has 1 nitrogen and oxygen atoms in total. The molecule has 1 unspecified atom stereocenters. The van der Waals surface area contributed by atoms with Crippen molar-refractivity contribution in [1.29, 1.82) is 0 Å². The highest BCUT2D eigenvalue weighted by Crippen LogP contribution is 2.27. The van der Waals surface area contributed by atoms with E-state index in [0.717, 1.165) is 17.7 Å². The van der Waals surface area contributed by atoms with Crippen LogP contribution < -0.4 is 5.32 Å². The van der Waals surface area contributed by atoms with E-state index >= 15 is 0 Å². The number of rotatable bonds is 6. The maximum atomic E-state index is 3.77. The summed E-state index contributed by atoms with van der Waals surface area (Å²) < 4.78 is 0. The Morgan fingerprint density at radius 3 is 2.60 bits per heavy atom. The SMILES string of the molecule is C=CCCC(C)NC1CCC(SC)CC1. The van der Waals surface area contributed by atoms with Crippen molar-refractivity contribution in [3.63, 3.8) is 0 Å². The minimum absolute atomic E-state index is 0.652. The summed E-state index contributed by atoms with van der Waals surface area (Å²) in [5, 5.41) is 4.66. The zero-order valence-corrected chi connectivity index (χ0v) is 11.0. The van der Waals surface area contributed by atoms with Crippen molar-refractivity contribution >= 4 is 11.8 Å². The molecule has 0 aromatic rings. The second-order valence-corrected chi connectivity index (χ2v) is 5.78. The number of nitrogens with one attached hydrogen (secondary N) is 1. The van der Waals surface area contributed by atoms with Crippen LogP contribution in [0.2, 0.25) is 0 Å². The Kier molecular flexibility index (Phi) is 6.42. The van der Waals surface area contributed by atoms with Crippen molar-refractivity contribution in [3.8, 4) is 0 Å². The Hall–Kier alpha value is 0.0500. The Balaban J connectivity index is 2.14. The summed E-state index contributed by atoms with van der Waals surface area (Å²) in [7, 11) is 0. The number of allylic oxidation sites excluding steroid dienone is 1. The highest BCUT2D eigenvalue weighted by molar-refractivity contribution is 7.99. The van der Waals surface area contributed by atoms with E-state index in [2.05, 4.69) is 25.1 Å². The third kappa shape index (κ3) is 5.07. The van der Waals surface area contributed by atoms with Crippen LogP contribution >= 0.6 is 11.8 Å². The van der Waals surface area contributed by atoms with Gasteiger partial charge in [-0.25, -0.2) is 0 Å². The van der Waals surface area contributed by atoms with Crippen LogP contribution in [0.3, 0.4) is 0 Å². The lowest BCUT2D eigenvalue weighted by Crippen LogP contribution is -2.39. The first-order chi connectivity index (χ1) is 7.26. The first-order valence-electron chi connectivity index (χ1n) is 6.16. The van der Waals surface area contributed by atoms with Crippen molar-refractivity contribution in [2.45, 2.75) is 62.8 Å². The molecular formula is C13H25NS. The van der Waals surface area contributed by atoms with Crippen LogP contribution in [0.1, 0.15) is 45.4 Å². The van der Waals surface area contributed by atoms with Crippen LogP contribution in [0.4, 0.5) is 0 Å². The van der Waals surface area contributed by atoms with Crippen LogP contribution in [0.15, 0.2) is 12.7 Å².